The van der Waals surface area contributed by atoms with Crippen molar-refractivity contribution >= 4 is 5.78 Å². The summed E-state index contributed by atoms with van der Waals surface area (Å²) in [7, 11) is 0. The summed E-state index contributed by atoms with van der Waals surface area (Å²) < 4.78 is 7.20. The van der Waals surface area contributed by atoms with Crippen molar-refractivity contribution in [2.24, 2.45) is 0 Å². The number of ketones is 1. The van der Waals surface area contributed by atoms with Crippen LogP contribution in [0.1, 0.15) is 32.6 Å². The van der Waals surface area contributed by atoms with Crippen molar-refractivity contribution in [2.75, 3.05) is 13.2 Å². The summed E-state index contributed by atoms with van der Waals surface area (Å²) in [6, 6.07) is 0. The molecular formula is C13H19N3O2. The third kappa shape index (κ3) is 6.81. The first-order valence-electron chi connectivity index (χ1n) is 6.20. The van der Waals surface area contributed by atoms with Gasteiger partial charge in [0.25, 0.3) is 0 Å². The van der Waals surface area contributed by atoms with Gasteiger partial charge in [-0.2, -0.15) is 0 Å². The van der Waals surface area contributed by atoms with Gasteiger partial charge in [0.05, 0.1) is 19.3 Å². The Hall–Kier alpha value is -1.67. The molecule has 0 fully saturated rings. The summed E-state index contributed by atoms with van der Waals surface area (Å²) in [4.78, 5) is 11.1. The molecule has 0 aromatic carbocycles. The number of ether oxygens (including phenoxy) is 1. The van der Waals surface area contributed by atoms with Gasteiger partial charge in [0.2, 0.25) is 5.78 Å². The minimum atomic E-state index is 0.0320. The van der Waals surface area contributed by atoms with E-state index in [1.54, 1.807) is 17.8 Å². The lowest BCUT2D eigenvalue weighted by atomic mass is 10.1. The maximum absolute atomic E-state index is 11.1. The molecule has 0 N–H and O–H groups in total. The standard InChI is InChI=1S/C13H19N3O2/c1-2-6-13(17)7-4-3-5-11-18-12-10-16-9-8-14-15-16/h8-9H,3-5,7,10-12H2,1H3. The zero-order valence-corrected chi connectivity index (χ0v) is 10.8. The van der Waals surface area contributed by atoms with Crippen LogP contribution in [-0.2, 0) is 16.1 Å². The highest BCUT2D eigenvalue weighted by Crippen LogP contribution is 2.00. The normalized spacial score (nSPS) is 9.83. The molecule has 0 saturated heterocycles. The van der Waals surface area contributed by atoms with Gasteiger partial charge in [-0.05, 0) is 25.7 Å². The lowest BCUT2D eigenvalue weighted by molar-refractivity contribution is -0.113. The highest BCUT2D eigenvalue weighted by atomic mass is 16.5. The first-order chi connectivity index (χ1) is 8.83. The van der Waals surface area contributed by atoms with Gasteiger partial charge in [-0.3, -0.25) is 9.48 Å². The van der Waals surface area contributed by atoms with Gasteiger partial charge in [0.1, 0.15) is 0 Å². The minimum absolute atomic E-state index is 0.0320. The van der Waals surface area contributed by atoms with Crippen LogP contribution in [0.15, 0.2) is 12.4 Å². The van der Waals surface area contributed by atoms with Crippen molar-refractivity contribution in [3.05, 3.63) is 12.4 Å². The molecule has 0 aliphatic rings. The second-order valence-electron chi connectivity index (χ2n) is 3.89. The molecule has 0 aliphatic heterocycles. The van der Waals surface area contributed by atoms with Crippen molar-refractivity contribution in [1.82, 2.24) is 15.0 Å². The first-order valence-corrected chi connectivity index (χ1v) is 6.20. The Labute approximate surface area is 108 Å². The molecule has 1 rings (SSSR count). The summed E-state index contributed by atoms with van der Waals surface area (Å²) in [5.74, 6) is 5.18. The number of rotatable bonds is 9. The van der Waals surface area contributed by atoms with Crippen LogP contribution in [0.25, 0.3) is 0 Å². The van der Waals surface area contributed by atoms with E-state index < -0.39 is 0 Å². The first kappa shape index (κ1) is 14.4. The predicted molar refractivity (Wildman–Crippen MR) is 67.8 cm³/mol. The fraction of sp³-hybridized carbons (Fsp3) is 0.615. The Morgan fingerprint density at radius 3 is 2.94 bits per heavy atom. The molecule has 0 aliphatic carbocycles. The molecule has 0 bridgehead atoms. The number of carbonyl (C=O) groups is 1. The maximum Gasteiger partial charge on any atom is 0.205 e. The molecule has 0 unspecified atom stereocenters. The topological polar surface area (TPSA) is 57.0 Å². The third-order valence-electron chi connectivity index (χ3n) is 2.39. The lowest BCUT2D eigenvalue weighted by Gasteiger charge is -2.03. The summed E-state index contributed by atoms with van der Waals surface area (Å²) in [5, 5.41) is 7.54. The molecule has 0 spiro atoms. The number of hydrogen-bond acceptors (Lipinski definition) is 4. The Morgan fingerprint density at radius 2 is 2.22 bits per heavy atom. The Bertz CT molecular complexity index is 390. The molecule has 1 aromatic rings. The van der Waals surface area contributed by atoms with Gasteiger partial charge in [0.15, 0.2) is 0 Å². The van der Waals surface area contributed by atoms with Gasteiger partial charge in [0, 0.05) is 19.2 Å². The molecule has 5 heteroatoms. The van der Waals surface area contributed by atoms with Crippen molar-refractivity contribution in [1.29, 1.82) is 0 Å². The molecule has 0 atom stereocenters. The lowest BCUT2D eigenvalue weighted by Crippen LogP contribution is -2.07. The van der Waals surface area contributed by atoms with Crippen molar-refractivity contribution < 1.29 is 9.53 Å². The smallest absolute Gasteiger partial charge is 0.205 e. The molecule has 1 aromatic heterocycles. The quantitative estimate of drug-likeness (QED) is 0.377. The number of nitrogens with zero attached hydrogens (tertiary/aromatic N) is 3. The average molecular weight is 249 g/mol. The number of Topliss-reactive ketones (excluding diaryl/α,β-unsaturated/α-hetero) is 1. The van der Waals surface area contributed by atoms with E-state index in [0.717, 1.165) is 32.4 Å². The van der Waals surface area contributed by atoms with E-state index in [-0.39, 0.29) is 5.78 Å². The van der Waals surface area contributed by atoms with Crippen LogP contribution in [0.5, 0.6) is 0 Å². The number of unbranched alkanes of at least 4 members (excludes halogenated alkanes) is 2. The minimum Gasteiger partial charge on any atom is -0.380 e. The molecule has 0 amide bonds. The molecule has 18 heavy (non-hydrogen) atoms. The fourth-order valence-corrected chi connectivity index (χ4v) is 1.48. The van der Waals surface area contributed by atoms with Crippen LogP contribution < -0.4 is 0 Å². The van der Waals surface area contributed by atoms with E-state index in [4.69, 9.17) is 4.74 Å². The van der Waals surface area contributed by atoms with Crippen LogP contribution in [0, 0.1) is 11.8 Å². The number of carbonyl (C=O) groups excluding carboxylic acids is 1. The largest absolute Gasteiger partial charge is 0.380 e. The van der Waals surface area contributed by atoms with E-state index in [2.05, 4.69) is 22.2 Å². The highest BCUT2D eigenvalue weighted by Gasteiger charge is 1.97. The molecular weight excluding hydrogens is 230 g/mol. The van der Waals surface area contributed by atoms with Crippen LogP contribution in [0.4, 0.5) is 0 Å². The van der Waals surface area contributed by atoms with E-state index >= 15 is 0 Å². The second-order valence-corrected chi connectivity index (χ2v) is 3.89. The second kappa shape index (κ2) is 9.37. The van der Waals surface area contributed by atoms with Gasteiger partial charge in [-0.15, -0.1) is 5.10 Å². The molecule has 1 heterocycles. The van der Waals surface area contributed by atoms with Crippen LogP contribution in [0.3, 0.4) is 0 Å². The molecule has 5 nitrogen and oxygen atoms in total. The maximum atomic E-state index is 11.1. The predicted octanol–water partition coefficient (Wildman–Crippen LogP) is 1.45. The monoisotopic (exact) mass is 249 g/mol. The van der Waals surface area contributed by atoms with Crippen molar-refractivity contribution in [3.8, 4) is 11.8 Å². The Kier molecular flexibility index (Phi) is 7.49. The molecule has 98 valence electrons. The van der Waals surface area contributed by atoms with Crippen molar-refractivity contribution in [3.63, 3.8) is 0 Å². The summed E-state index contributed by atoms with van der Waals surface area (Å²) in [6.07, 6.45) is 6.88. The average Bonchev–Trinajstić information content (AvgIpc) is 2.86. The van der Waals surface area contributed by atoms with E-state index in [1.165, 1.54) is 0 Å². The van der Waals surface area contributed by atoms with Crippen LogP contribution >= 0.6 is 0 Å². The van der Waals surface area contributed by atoms with Gasteiger partial charge in [-0.25, -0.2) is 0 Å². The Balaban J connectivity index is 1.86. The summed E-state index contributed by atoms with van der Waals surface area (Å²) in [5.41, 5.74) is 0. The third-order valence-corrected chi connectivity index (χ3v) is 2.39. The van der Waals surface area contributed by atoms with Gasteiger partial charge >= 0.3 is 0 Å². The van der Waals surface area contributed by atoms with E-state index in [1.807, 2.05) is 6.20 Å². The summed E-state index contributed by atoms with van der Waals surface area (Å²) in [6.45, 7) is 3.78. The van der Waals surface area contributed by atoms with Gasteiger partial charge in [-0.1, -0.05) is 17.6 Å². The number of hydrogen-bond donors (Lipinski definition) is 0. The van der Waals surface area contributed by atoms with Crippen LogP contribution in [0.2, 0.25) is 0 Å². The van der Waals surface area contributed by atoms with Gasteiger partial charge < -0.3 is 4.74 Å². The SMILES string of the molecule is CC#CC(=O)CCCCCOCCn1ccnn1. The summed E-state index contributed by atoms with van der Waals surface area (Å²) >= 11 is 0. The van der Waals surface area contributed by atoms with Crippen LogP contribution in [-0.4, -0.2) is 34.0 Å². The van der Waals surface area contributed by atoms with Crippen molar-refractivity contribution in [2.45, 2.75) is 39.2 Å². The molecule has 0 radical (unpaired) electrons. The highest BCUT2D eigenvalue weighted by molar-refractivity contribution is 5.95. The van der Waals surface area contributed by atoms with E-state index in [0.29, 0.717) is 13.0 Å². The number of aromatic nitrogens is 3. The zero-order chi connectivity index (χ0) is 13.1. The fourth-order valence-electron chi connectivity index (χ4n) is 1.48. The Morgan fingerprint density at radius 1 is 1.33 bits per heavy atom. The molecule has 0 saturated carbocycles. The zero-order valence-electron chi connectivity index (χ0n) is 10.8. The van der Waals surface area contributed by atoms with E-state index in [9.17, 15) is 4.79 Å².